The Bertz CT molecular complexity index is 468. The molecule has 2 rings (SSSR count). The Morgan fingerprint density at radius 2 is 1.89 bits per heavy atom. The van der Waals surface area contributed by atoms with Gasteiger partial charge in [0.1, 0.15) is 0 Å². The first-order valence-corrected chi connectivity index (χ1v) is 7.04. The molecule has 0 amide bonds. The largest absolute Gasteiger partial charge is 0.291 e. The second kappa shape index (κ2) is 6.54. The molecule has 2 heteroatoms. The molecule has 2 nitrogen and oxygen atoms in total. The molecular weight excluding hydrogens is 232 g/mol. The third-order valence-corrected chi connectivity index (χ3v) is 4.00. The highest BCUT2D eigenvalue weighted by Gasteiger charge is 2.16. The van der Waals surface area contributed by atoms with Crippen LogP contribution in [0.15, 0.2) is 24.3 Å². The lowest BCUT2D eigenvalue weighted by Crippen LogP contribution is -2.33. The summed E-state index contributed by atoms with van der Waals surface area (Å²) in [7, 11) is 0. The third-order valence-electron chi connectivity index (χ3n) is 4.00. The van der Waals surface area contributed by atoms with Gasteiger partial charge in [0.15, 0.2) is 0 Å². The van der Waals surface area contributed by atoms with Crippen LogP contribution < -0.4 is 0 Å². The van der Waals surface area contributed by atoms with Crippen molar-refractivity contribution in [1.82, 2.24) is 4.90 Å². The van der Waals surface area contributed by atoms with Crippen molar-refractivity contribution in [3.8, 4) is 6.07 Å². The highest BCUT2D eigenvalue weighted by Crippen LogP contribution is 2.21. The standard InChI is InChI=1S/C17H22N2/c1-14-4-3-5-15(2)17(14)7-6-16-8-11-19(12-9-16)13-10-18/h3-7,16H,8-9,11-13H2,1-2H3. The minimum atomic E-state index is 0.577. The van der Waals surface area contributed by atoms with Gasteiger partial charge in [-0.1, -0.05) is 30.4 Å². The van der Waals surface area contributed by atoms with Crippen LogP contribution in [0.3, 0.4) is 0 Å². The number of hydrogen-bond acceptors (Lipinski definition) is 2. The number of benzene rings is 1. The van der Waals surface area contributed by atoms with Crippen LogP contribution in [0.5, 0.6) is 0 Å². The minimum absolute atomic E-state index is 0.577. The SMILES string of the molecule is Cc1cccc(C)c1C=CC1CCN(CC#N)CC1. The summed E-state index contributed by atoms with van der Waals surface area (Å²) in [5.41, 5.74) is 4.05. The van der Waals surface area contributed by atoms with E-state index in [1.54, 1.807) is 0 Å². The van der Waals surface area contributed by atoms with Gasteiger partial charge in [-0.15, -0.1) is 0 Å². The number of rotatable bonds is 3. The summed E-state index contributed by atoms with van der Waals surface area (Å²) in [4.78, 5) is 2.24. The van der Waals surface area contributed by atoms with Crippen LogP contribution in [0.2, 0.25) is 0 Å². The zero-order chi connectivity index (χ0) is 13.7. The molecule has 1 saturated heterocycles. The molecule has 0 atom stereocenters. The van der Waals surface area contributed by atoms with Gasteiger partial charge in [-0.25, -0.2) is 0 Å². The first-order valence-electron chi connectivity index (χ1n) is 7.04. The molecule has 1 aliphatic heterocycles. The van der Waals surface area contributed by atoms with Crippen LogP contribution in [-0.4, -0.2) is 24.5 Å². The van der Waals surface area contributed by atoms with Gasteiger partial charge in [0.05, 0.1) is 12.6 Å². The molecule has 1 aliphatic rings. The van der Waals surface area contributed by atoms with E-state index in [0.29, 0.717) is 12.5 Å². The Hall–Kier alpha value is -1.59. The zero-order valence-corrected chi connectivity index (χ0v) is 11.9. The fourth-order valence-electron chi connectivity index (χ4n) is 2.73. The van der Waals surface area contributed by atoms with E-state index in [2.05, 4.69) is 55.2 Å². The fraction of sp³-hybridized carbons (Fsp3) is 0.471. The molecule has 1 aromatic carbocycles. The van der Waals surface area contributed by atoms with Crippen molar-refractivity contribution in [2.75, 3.05) is 19.6 Å². The summed E-state index contributed by atoms with van der Waals surface area (Å²) in [5.74, 6) is 0.661. The van der Waals surface area contributed by atoms with E-state index < -0.39 is 0 Å². The molecule has 0 saturated carbocycles. The molecule has 0 aromatic heterocycles. The van der Waals surface area contributed by atoms with Gasteiger partial charge < -0.3 is 0 Å². The maximum Gasteiger partial charge on any atom is 0.0865 e. The van der Waals surface area contributed by atoms with Crippen molar-refractivity contribution in [2.24, 2.45) is 5.92 Å². The molecule has 0 unspecified atom stereocenters. The Morgan fingerprint density at radius 1 is 1.26 bits per heavy atom. The van der Waals surface area contributed by atoms with Crippen LogP contribution in [0, 0.1) is 31.1 Å². The summed E-state index contributed by atoms with van der Waals surface area (Å²) in [6.45, 7) is 7.02. The first-order chi connectivity index (χ1) is 9.20. The highest BCUT2D eigenvalue weighted by atomic mass is 15.1. The highest BCUT2D eigenvalue weighted by molar-refractivity contribution is 5.57. The van der Waals surface area contributed by atoms with Crippen molar-refractivity contribution < 1.29 is 0 Å². The smallest absolute Gasteiger partial charge is 0.0865 e. The van der Waals surface area contributed by atoms with Gasteiger partial charge in [0, 0.05) is 0 Å². The Balaban J connectivity index is 1.96. The molecule has 19 heavy (non-hydrogen) atoms. The second-order valence-corrected chi connectivity index (χ2v) is 5.44. The summed E-state index contributed by atoms with van der Waals surface area (Å²) < 4.78 is 0. The number of hydrogen-bond donors (Lipinski definition) is 0. The molecule has 0 bridgehead atoms. The molecular formula is C17H22N2. The van der Waals surface area contributed by atoms with E-state index in [9.17, 15) is 0 Å². The van der Waals surface area contributed by atoms with Crippen molar-refractivity contribution in [3.05, 3.63) is 41.0 Å². The lowest BCUT2D eigenvalue weighted by atomic mass is 9.94. The van der Waals surface area contributed by atoms with Crippen molar-refractivity contribution in [1.29, 1.82) is 5.26 Å². The van der Waals surface area contributed by atoms with E-state index in [0.717, 1.165) is 13.1 Å². The lowest BCUT2D eigenvalue weighted by molar-refractivity contribution is 0.225. The Kier molecular flexibility index (Phi) is 4.76. The van der Waals surface area contributed by atoms with E-state index >= 15 is 0 Å². The van der Waals surface area contributed by atoms with Crippen molar-refractivity contribution in [2.45, 2.75) is 26.7 Å². The lowest BCUT2D eigenvalue weighted by Gasteiger charge is -2.28. The molecule has 1 heterocycles. The normalized spacial score (nSPS) is 17.7. The van der Waals surface area contributed by atoms with Crippen molar-refractivity contribution >= 4 is 6.08 Å². The zero-order valence-electron chi connectivity index (χ0n) is 11.9. The van der Waals surface area contributed by atoms with Crippen LogP contribution in [0.4, 0.5) is 0 Å². The number of nitrogens with zero attached hydrogens (tertiary/aromatic N) is 2. The molecule has 100 valence electrons. The fourth-order valence-corrected chi connectivity index (χ4v) is 2.73. The summed E-state index contributed by atoms with van der Waals surface area (Å²) in [6, 6.07) is 8.68. The van der Waals surface area contributed by atoms with E-state index in [-0.39, 0.29) is 0 Å². The van der Waals surface area contributed by atoms with Gasteiger partial charge in [0.25, 0.3) is 0 Å². The van der Waals surface area contributed by atoms with Crippen LogP contribution in [0.1, 0.15) is 29.5 Å². The Labute approximate surface area is 116 Å². The summed E-state index contributed by atoms with van der Waals surface area (Å²) in [5, 5.41) is 8.69. The minimum Gasteiger partial charge on any atom is -0.291 e. The number of piperidine rings is 1. The van der Waals surface area contributed by atoms with Gasteiger partial charge in [0.2, 0.25) is 0 Å². The van der Waals surface area contributed by atoms with Crippen LogP contribution >= 0.6 is 0 Å². The number of nitriles is 1. The van der Waals surface area contributed by atoms with E-state index in [4.69, 9.17) is 5.26 Å². The van der Waals surface area contributed by atoms with Gasteiger partial charge in [-0.3, -0.25) is 4.90 Å². The third kappa shape index (κ3) is 3.68. The van der Waals surface area contributed by atoms with Crippen LogP contribution in [0.25, 0.3) is 6.08 Å². The predicted molar refractivity (Wildman–Crippen MR) is 79.7 cm³/mol. The first kappa shape index (κ1) is 13.8. The van der Waals surface area contributed by atoms with Gasteiger partial charge >= 0.3 is 0 Å². The van der Waals surface area contributed by atoms with Gasteiger partial charge in [-0.05, 0) is 62.4 Å². The van der Waals surface area contributed by atoms with Crippen molar-refractivity contribution in [3.63, 3.8) is 0 Å². The van der Waals surface area contributed by atoms with Crippen LogP contribution in [-0.2, 0) is 0 Å². The maximum absolute atomic E-state index is 8.69. The molecule has 0 aliphatic carbocycles. The predicted octanol–water partition coefficient (Wildman–Crippen LogP) is 3.55. The maximum atomic E-state index is 8.69. The number of likely N-dealkylation sites (tertiary alicyclic amines) is 1. The Morgan fingerprint density at radius 3 is 2.47 bits per heavy atom. The van der Waals surface area contributed by atoms with Gasteiger partial charge in [-0.2, -0.15) is 5.26 Å². The summed E-state index contributed by atoms with van der Waals surface area (Å²) >= 11 is 0. The number of allylic oxidation sites excluding steroid dienone is 1. The topological polar surface area (TPSA) is 27.0 Å². The molecule has 0 N–H and O–H groups in total. The molecule has 0 spiro atoms. The molecule has 1 aromatic rings. The quantitative estimate of drug-likeness (QED) is 0.771. The molecule has 1 fully saturated rings. The molecule has 0 radical (unpaired) electrons. The second-order valence-electron chi connectivity index (χ2n) is 5.44. The number of aryl methyl sites for hydroxylation is 2. The van der Waals surface area contributed by atoms with E-state index in [1.165, 1.54) is 29.5 Å². The monoisotopic (exact) mass is 254 g/mol. The van der Waals surface area contributed by atoms with E-state index in [1.807, 2.05) is 0 Å². The average molecular weight is 254 g/mol. The average Bonchev–Trinajstić information content (AvgIpc) is 2.40. The summed E-state index contributed by atoms with van der Waals surface area (Å²) in [6.07, 6.45) is 6.99.